The molecule has 4 N–H and O–H groups in total. The van der Waals surface area contributed by atoms with Gasteiger partial charge in [-0.1, -0.05) is 26.7 Å². The molecule has 1 heterocycles. The number of nitrogens with zero attached hydrogens (tertiary/aromatic N) is 1. The van der Waals surface area contributed by atoms with Crippen LogP contribution in [0.5, 0.6) is 0 Å². The third-order valence-electron chi connectivity index (χ3n) is 3.73. The number of aromatic nitrogens is 2. The van der Waals surface area contributed by atoms with Crippen LogP contribution in [-0.4, -0.2) is 24.7 Å². The topological polar surface area (TPSA) is 101 Å². The van der Waals surface area contributed by atoms with Gasteiger partial charge in [-0.2, -0.15) is 5.10 Å². The smallest absolute Gasteiger partial charge is 0.246 e. The van der Waals surface area contributed by atoms with Crippen LogP contribution in [0.25, 0.3) is 0 Å². The Kier molecular flexibility index (Phi) is 3.37. The standard InChI is InChI=1S/C11H20N4O2S/c1-11(2)6-4-3-5-9(11)15-18(16,17)8-7-13-14-10(8)12/h7,9,15H,3-6H2,1-2H3,(H3,12,13,14). The van der Waals surface area contributed by atoms with Gasteiger partial charge in [0.25, 0.3) is 0 Å². The minimum absolute atomic E-state index is 0.0240. The molecule has 102 valence electrons. The van der Waals surface area contributed by atoms with Gasteiger partial charge in [0.2, 0.25) is 10.0 Å². The number of nitrogens with one attached hydrogen (secondary N) is 2. The Labute approximate surface area is 107 Å². The molecule has 1 unspecified atom stereocenters. The summed E-state index contributed by atoms with van der Waals surface area (Å²) in [6, 6.07) is -0.0504. The van der Waals surface area contributed by atoms with E-state index in [1.54, 1.807) is 0 Å². The van der Waals surface area contributed by atoms with Crippen molar-refractivity contribution in [3.05, 3.63) is 6.20 Å². The molecule has 0 saturated heterocycles. The van der Waals surface area contributed by atoms with E-state index in [1.807, 2.05) is 0 Å². The van der Waals surface area contributed by atoms with Crippen molar-refractivity contribution in [2.75, 3.05) is 5.73 Å². The lowest BCUT2D eigenvalue weighted by atomic mass is 9.74. The van der Waals surface area contributed by atoms with Crippen molar-refractivity contribution in [2.24, 2.45) is 5.41 Å². The predicted molar refractivity (Wildman–Crippen MR) is 69.4 cm³/mol. The van der Waals surface area contributed by atoms with E-state index in [2.05, 4.69) is 28.8 Å². The first-order valence-electron chi connectivity index (χ1n) is 6.14. The summed E-state index contributed by atoms with van der Waals surface area (Å²) in [6.07, 6.45) is 5.34. The monoisotopic (exact) mass is 272 g/mol. The van der Waals surface area contributed by atoms with E-state index in [0.29, 0.717) is 0 Å². The third-order valence-corrected chi connectivity index (χ3v) is 5.23. The Morgan fingerprint density at radius 2 is 2.22 bits per heavy atom. The zero-order valence-corrected chi connectivity index (χ0v) is 11.5. The van der Waals surface area contributed by atoms with Crippen molar-refractivity contribution < 1.29 is 8.42 Å². The quantitative estimate of drug-likeness (QED) is 0.770. The molecule has 0 bridgehead atoms. The van der Waals surface area contributed by atoms with Crippen molar-refractivity contribution in [2.45, 2.75) is 50.5 Å². The SMILES string of the molecule is CC1(C)CCCCC1NS(=O)(=O)c1cn[nH]c1N. The molecular formula is C11H20N4O2S. The van der Waals surface area contributed by atoms with Crippen molar-refractivity contribution in [3.8, 4) is 0 Å². The van der Waals surface area contributed by atoms with Gasteiger partial charge in [-0.3, -0.25) is 5.10 Å². The van der Waals surface area contributed by atoms with Crippen LogP contribution in [0.1, 0.15) is 39.5 Å². The lowest BCUT2D eigenvalue weighted by molar-refractivity contribution is 0.188. The Morgan fingerprint density at radius 1 is 1.50 bits per heavy atom. The summed E-state index contributed by atoms with van der Waals surface area (Å²) in [5.74, 6) is 0.0797. The van der Waals surface area contributed by atoms with E-state index in [4.69, 9.17) is 5.73 Å². The number of rotatable bonds is 3. The van der Waals surface area contributed by atoms with E-state index < -0.39 is 10.0 Å². The summed E-state index contributed by atoms with van der Waals surface area (Å²) < 4.78 is 27.2. The largest absolute Gasteiger partial charge is 0.383 e. The van der Waals surface area contributed by atoms with Crippen LogP contribution in [0, 0.1) is 5.41 Å². The average Bonchev–Trinajstić information content (AvgIpc) is 2.68. The zero-order chi connectivity index (χ0) is 13.4. The van der Waals surface area contributed by atoms with Crippen LogP contribution in [-0.2, 0) is 10.0 Å². The number of anilines is 1. The normalized spacial score (nSPS) is 24.0. The molecule has 1 aromatic heterocycles. The maximum Gasteiger partial charge on any atom is 0.246 e. The van der Waals surface area contributed by atoms with Gasteiger partial charge in [0.05, 0.1) is 6.20 Å². The number of aromatic amines is 1. The van der Waals surface area contributed by atoms with Crippen molar-refractivity contribution >= 4 is 15.8 Å². The maximum absolute atomic E-state index is 12.2. The summed E-state index contributed by atoms with van der Waals surface area (Å²) in [5, 5.41) is 6.09. The molecule has 0 aliphatic heterocycles. The molecule has 1 aliphatic carbocycles. The fourth-order valence-corrected chi connectivity index (χ4v) is 3.93. The zero-order valence-electron chi connectivity index (χ0n) is 10.7. The Morgan fingerprint density at radius 3 is 2.78 bits per heavy atom. The Balaban J connectivity index is 2.21. The summed E-state index contributed by atoms with van der Waals surface area (Å²) in [7, 11) is -3.59. The second kappa shape index (κ2) is 4.55. The first kappa shape index (κ1) is 13.4. The van der Waals surface area contributed by atoms with Gasteiger partial charge < -0.3 is 5.73 Å². The van der Waals surface area contributed by atoms with Crippen LogP contribution < -0.4 is 10.5 Å². The molecular weight excluding hydrogens is 252 g/mol. The fourth-order valence-electron chi connectivity index (χ4n) is 2.46. The molecule has 0 radical (unpaired) electrons. The van der Waals surface area contributed by atoms with E-state index in [1.165, 1.54) is 6.20 Å². The number of sulfonamides is 1. The van der Waals surface area contributed by atoms with Crippen molar-refractivity contribution in [3.63, 3.8) is 0 Å². The molecule has 0 aromatic carbocycles. The van der Waals surface area contributed by atoms with E-state index in [0.717, 1.165) is 25.7 Å². The van der Waals surface area contributed by atoms with Crippen LogP contribution in [0.2, 0.25) is 0 Å². The maximum atomic E-state index is 12.2. The van der Waals surface area contributed by atoms with Gasteiger partial charge in [-0.15, -0.1) is 0 Å². The first-order chi connectivity index (χ1) is 8.33. The molecule has 2 rings (SSSR count). The number of nitrogens with two attached hydrogens (primary N) is 1. The molecule has 1 saturated carbocycles. The van der Waals surface area contributed by atoms with E-state index >= 15 is 0 Å². The molecule has 1 fully saturated rings. The highest BCUT2D eigenvalue weighted by Crippen LogP contribution is 2.36. The summed E-state index contributed by atoms with van der Waals surface area (Å²) in [6.45, 7) is 4.19. The van der Waals surface area contributed by atoms with Gasteiger partial charge in [0.1, 0.15) is 10.7 Å². The summed E-state index contributed by atoms with van der Waals surface area (Å²) in [4.78, 5) is 0.0314. The summed E-state index contributed by atoms with van der Waals surface area (Å²) in [5.41, 5.74) is 5.54. The minimum atomic E-state index is -3.59. The van der Waals surface area contributed by atoms with Crippen LogP contribution >= 0.6 is 0 Å². The molecule has 18 heavy (non-hydrogen) atoms. The lowest BCUT2D eigenvalue weighted by Gasteiger charge is -2.38. The van der Waals surface area contributed by atoms with Crippen molar-refractivity contribution in [1.82, 2.24) is 14.9 Å². The van der Waals surface area contributed by atoms with Crippen molar-refractivity contribution in [1.29, 1.82) is 0 Å². The van der Waals surface area contributed by atoms with Crippen LogP contribution in [0.4, 0.5) is 5.82 Å². The average molecular weight is 272 g/mol. The first-order valence-corrected chi connectivity index (χ1v) is 7.62. The number of hydrogen-bond acceptors (Lipinski definition) is 4. The number of hydrogen-bond donors (Lipinski definition) is 3. The van der Waals surface area contributed by atoms with Gasteiger partial charge in [-0.25, -0.2) is 13.1 Å². The van der Waals surface area contributed by atoms with Gasteiger partial charge >= 0.3 is 0 Å². The molecule has 1 atom stereocenters. The second-order valence-corrected chi connectivity index (χ2v) is 7.24. The highest BCUT2D eigenvalue weighted by Gasteiger charge is 2.35. The van der Waals surface area contributed by atoms with Gasteiger partial charge in [0.15, 0.2) is 0 Å². The predicted octanol–water partition coefficient (Wildman–Crippen LogP) is 1.24. The second-order valence-electron chi connectivity index (χ2n) is 5.56. The van der Waals surface area contributed by atoms with E-state index in [9.17, 15) is 8.42 Å². The highest BCUT2D eigenvalue weighted by molar-refractivity contribution is 7.89. The lowest BCUT2D eigenvalue weighted by Crippen LogP contribution is -2.46. The molecule has 6 nitrogen and oxygen atoms in total. The van der Waals surface area contributed by atoms with Gasteiger partial charge in [0, 0.05) is 6.04 Å². The molecule has 7 heteroatoms. The van der Waals surface area contributed by atoms with E-state index in [-0.39, 0.29) is 22.2 Å². The molecule has 0 amide bonds. The highest BCUT2D eigenvalue weighted by atomic mass is 32.2. The minimum Gasteiger partial charge on any atom is -0.383 e. The third kappa shape index (κ3) is 2.51. The Hall–Kier alpha value is -1.08. The molecule has 0 spiro atoms. The van der Waals surface area contributed by atoms with Crippen LogP contribution in [0.3, 0.4) is 0 Å². The van der Waals surface area contributed by atoms with Gasteiger partial charge in [-0.05, 0) is 18.3 Å². The Bertz CT molecular complexity index is 521. The number of H-pyrrole nitrogens is 1. The summed E-state index contributed by atoms with van der Waals surface area (Å²) >= 11 is 0. The molecule has 1 aromatic rings. The fraction of sp³-hybridized carbons (Fsp3) is 0.727. The molecule has 1 aliphatic rings. The van der Waals surface area contributed by atoms with Crippen LogP contribution in [0.15, 0.2) is 11.1 Å². The number of nitrogen functional groups attached to an aromatic ring is 1.